The highest BCUT2D eigenvalue weighted by Crippen LogP contribution is 2.37. The van der Waals surface area contributed by atoms with Crippen molar-refractivity contribution in [1.82, 2.24) is 25.5 Å². The van der Waals surface area contributed by atoms with Crippen LogP contribution in [0.4, 0.5) is 0 Å². The Kier molecular flexibility index (Phi) is 4.64. The van der Waals surface area contributed by atoms with E-state index in [4.69, 9.17) is 0 Å². The van der Waals surface area contributed by atoms with E-state index in [0.29, 0.717) is 6.42 Å². The Labute approximate surface area is 142 Å². The molecule has 1 aliphatic rings. The summed E-state index contributed by atoms with van der Waals surface area (Å²) in [4.78, 5) is 12.2. The van der Waals surface area contributed by atoms with E-state index in [-0.39, 0.29) is 5.91 Å². The molecule has 0 aliphatic heterocycles. The van der Waals surface area contributed by atoms with E-state index in [9.17, 15) is 4.79 Å². The van der Waals surface area contributed by atoms with Gasteiger partial charge in [-0.25, -0.2) is 0 Å². The van der Waals surface area contributed by atoms with E-state index in [0.717, 1.165) is 42.8 Å². The van der Waals surface area contributed by atoms with Crippen LogP contribution in [-0.2, 0) is 10.3 Å². The molecule has 6 heteroatoms. The van der Waals surface area contributed by atoms with Crippen LogP contribution in [0, 0.1) is 13.8 Å². The number of nitrogens with zero attached hydrogens (tertiary/aromatic N) is 4. The zero-order chi connectivity index (χ0) is 17.2. The van der Waals surface area contributed by atoms with E-state index >= 15 is 0 Å². The number of carbonyl (C=O) groups excluding carboxylic acids is 1. The molecule has 1 saturated carbocycles. The lowest BCUT2D eigenvalue weighted by Crippen LogP contribution is -2.48. The second kappa shape index (κ2) is 6.71. The van der Waals surface area contributed by atoms with Crippen molar-refractivity contribution in [3.63, 3.8) is 0 Å². The number of benzene rings is 1. The number of hydrogen-bond donors (Lipinski definition) is 1. The van der Waals surface area contributed by atoms with Gasteiger partial charge in [0.25, 0.3) is 0 Å². The number of aromatic nitrogens is 4. The standard InChI is InChI=1S/C18H25N5O/c1-4-16(24)19-18(10-6-5-7-11-18)17-20-21-22-23(17)15-9-8-13(2)12-14(15)3/h8-9,12H,4-7,10-11H2,1-3H3,(H,19,24). The maximum atomic E-state index is 12.2. The van der Waals surface area contributed by atoms with Gasteiger partial charge in [-0.15, -0.1) is 5.10 Å². The van der Waals surface area contributed by atoms with Crippen molar-refractivity contribution in [1.29, 1.82) is 0 Å². The summed E-state index contributed by atoms with van der Waals surface area (Å²) in [5.41, 5.74) is 2.83. The molecule has 1 fully saturated rings. The van der Waals surface area contributed by atoms with E-state index in [2.05, 4.69) is 46.8 Å². The molecule has 0 bridgehead atoms. The number of tetrazole rings is 1. The highest BCUT2D eigenvalue weighted by Gasteiger charge is 2.40. The third kappa shape index (κ3) is 3.05. The molecule has 0 atom stereocenters. The second-order valence-electron chi connectivity index (χ2n) is 6.75. The van der Waals surface area contributed by atoms with Gasteiger partial charge in [0, 0.05) is 6.42 Å². The van der Waals surface area contributed by atoms with Gasteiger partial charge in [-0.3, -0.25) is 4.79 Å². The van der Waals surface area contributed by atoms with Gasteiger partial charge in [-0.1, -0.05) is 43.9 Å². The summed E-state index contributed by atoms with van der Waals surface area (Å²) in [6.45, 7) is 6.01. The highest BCUT2D eigenvalue weighted by molar-refractivity contribution is 5.76. The Hall–Kier alpha value is -2.24. The molecule has 1 heterocycles. The maximum absolute atomic E-state index is 12.2. The summed E-state index contributed by atoms with van der Waals surface area (Å²) >= 11 is 0. The maximum Gasteiger partial charge on any atom is 0.220 e. The number of aryl methyl sites for hydroxylation is 2. The van der Waals surface area contributed by atoms with Gasteiger partial charge >= 0.3 is 0 Å². The number of carbonyl (C=O) groups is 1. The van der Waals surface area contributed by atoms with Crippen molar-refractivity contribution < 1.29 is 4.79 Å². The first-order chi connectivity index (χ1) is 11.6. The smallest absolute Gasteiger partial charge is 0.220 e. The zero-order valence-electron chi connectivity index (χ0n) is 14.7. The summed E-state index contributed by atoms with van der Waals surface area (Å²) in [5, 5.41) is 15.7. The van der Waals surface area contributed by atoms with Gasteiger partial charge in [-0.05, 0) is 48.7 Å². The molecule has 1 aliphatic carbocycles. The van der Waals surface area contributed by atoms with Gasteiger partial charge in [0.15, 0.2) is 5.82 Å². The average Bonchev–Trinajstić information content (AvgIpc) is 3.05. The van der Waals surface area contributed by atoms with Gasteiger partial charge in [0.1, 0.15) is 5.54 Å². The Morgan fingerprint density at radius 1 is 1.25 bits per heavy atom. The molecule has 3 rings (SSSR count). The van der Waals surface area contributed by atoms with Gasteiger partial charge in [0.05, 0.1) is 5.69 Å². The van der Waals surface area contributed by atoms with Gasteiger partial charge < -0.3 is 5.32 Å². The molecular formula is C18H25N5O. The van der Waals surface area contributed by atoms with Crippen LogP contribution in [0.3, 0.4) is 0 Å². The molecule has 24 heavy (non-hydrogen) atoms. The first-order valence-electron chi connectivity index (χ1n) is 8.73. The van der Waals surface area contributed by atoms with E-state index in [1.54, 1.807) is 4.68 Å². The highest BCUT2D eigenvalue weighted by atomic mass is 16.1. The number of hydrogen-bond acceptors (Lipinski definition) is 4. The number of nitrogens with one attached hydrogen (secondary N) is 1. The van der Waals surface area contributed by atoms with Crippen LogP contribution < -0.4 is 5.32 Å². The quantitative estimate of drug-likeness (QED) is 0.937. The molecule has 0 spiro atoms. The monoisotopic (exact) mass is 327 g/mol. The van der Waals surface area contributed by atoms with E-state index in [1.165, 1.54) is 12.0 Å². The van der Waals surface area contributed by atoms with Crippen LogP contribution in [0.1, 0.15) is 62.4 Å². The van der Waals surface area contributed by atoms with Crippen LogP contribution >= 0.6 is 0 Å². The Bertz CT molecular complexity index is 731. The van der Waals surface area contributed by atoms with Crippen LogP contribution in [0.5, 0.6) is 0 Å². The lowest BCUT2D eigenvalue weighted by molar-refractivity contribution is -0.123. The predicted molar refractivity (Wildman–Crippen MR) is 91.8 cm³/mol. The molecule has 1 aromatic heterocycles. The normalized spacial score (nSPS) is 16.8. The average molecular weight is 327 g/mol. The van der Waals surface area contributed by atoms with E-state index < -0.39 is 5.54 Å². The molecule has 6 nitrogen and oxygen atoms in total. The molecule has 1 aromatic carbocycles. The minimum Gasteiger partial charge on any atom is -0.343 e. The van der Waals surface area contributed by atoms with Crippen molar-refractivity contribution in [2.24, 2.45) is 0 Å². The molecule has 128 valence electrons. The molecular weight excluding hydrogens is 302 g/mol. The van der Waals surface area contributed by atoms with Crippen LogP contribution in [0.25, 0.3) is 5.69 Å². The molecule has 2 aromatic rings. The molecule has 0 unspecified atom stereocenters. The summed E-state index contributed by atoms with van der Waals surface area (Å²) in [6, 6.07) is 6.23. The Morgan fingerprint density at radius 2 is 2.00 bits per heavy atom. The Balaban J connectivity index is 2.07. The minimum atomic E-state index is -0.466. The first-order valence-corrected chi connectivity index (χ1v) is 8.73. The Morgan fingerprint density at radius 3 is 2.67 bits per heavy atom. The second-order valence-corrected chi connectivity index (χ2v) is 6.75. The largest absolute Gasteiger partial charge is 0.343 e. The van der Waals surface area contributed by atoms with Crippen LogP contribution in [-0.4, -0.2) is 26.1 Å². The summed E-state index contributed by atoms with van der Waals surface area (Å²) in [5.74, 6) is 0.794. The molecule has 1 N–H and O–H groups in total. The van der Waals surface area contributed by atoms with Crippen molar-refractivity contribution in [3.05, 3.63) is 35.2 Å². The van der Waals surface area contributed by atoms with Crippen LogP contribution in [0.2, 0.25) is 0 Å². The fourth-order valence-corrected chi connectivity index (χ4v) is 3.61. The van der Waals surface area contributed by atoms with Crippen LogP contribution in [0.15, 0.2) is 18.2 Å². The van der Waals surface area contributed by atoms with Crippen molar-refractivity contribution >= 4 is 5.91 Å². The summed E-state index contributed by atoms with van der Waals surface area (Å²) < 4.78 is 1.80. The van der Waals surface area contributed by atoms with Gasteiger partial charge in [0.2, 0.25) is 5.91 Å². The van der Waals surface area contributed by atoms with Crippen molar-refractivity contribution in [3.8, 4) is 5.69 Å². The topological polar surface area (TPSA) is 72.7 Å². The molecule has 0 saturated heterocycles. The fourth-order valence-electron chi connectivity index (χ4n) is 3.61. The summed E-state index contributed by atoms with van der Waals surface area (Å²) in [6.07, 6.45) is 5.56. The van der Waals surface area contributed by atoms with E-state index in [1.807, 2.05) is 13.0 Å². The molecule has 0 radical (unpaired) electrons. The SMILES string of the molecule is CCC(=O)NC1(c2nnnn2-c2ccc(C)cc2C)CCCCC1. The zero-order valence-corrected chi connectivity index (χ0v) is 14.7. The lowest BCUT2D eigenvalue weighted by atomic mass is 9.80. The minimum absolute atomic E-state index is 0.0482. The molecule has 1 amide bonds. The third-order valence-electron chi connectivity index (χ3n) is 4.88. The fraction of sp³-hybridized carbons (Fsp3) is 0.556. The number of rotatable bonds is 4. The van der Waals surface area contributed by atoms with Crippen molar-refractivity contribution in [2.75, 3.05) is 0 Å². The lowest BCUT2D eigenvalue weighted by Gasteiger charge is -2.36. The van der Waals surface area contributed by atoms with Gasteiger partial charge in [-0.2, -0.15) is 4.68 Å². The predicted octanol–water partition coefficient (Wildman–Crippen LogP) is 2.96. The summed E-state index contributed by atoms with van der Waals surface area (Å²) in [7, 11) is 0. The first kappa shape index (κ1) is 16.6. The number of amides is 1. The third-order valence-corrected chi connectivity index (χ3v) is 4.88. The van der Waals surface area contributed by atoms with Crippen molar-refractivity contribution in [2.45, 2.75) is 64.8 Å².